The lowest BCUT2D eigenvalue weighted by Gasteiger charge is -2.18. The maximum Gasteiger partial charge on any atom is 0.322 e. The molecule has 8 nitrogen and oxygen atoms in total. The number of nitrogen functional groups attached to an aromatic ring is 1. The molecule has 0 atom stereocenters. The molecule has 0 amide bonds. The second kappa shape index (κ2) is 6.02. The summed E-state index contributed by atoms with van der Waals surface area (Å²) in [6.45, 7) is 0. The molecule has 1 heterocycles. The molecule has 20 heavy (non-hydrogen) atoms. The first kappa shape index (κ1) is 13.8. The summed E-state index contributed by atoms with van der Waals surface area (Å²) in [4.78, 5) is 14.1. The van der Waals surface area contributed by atoms with Crippen LogP contribution in [0.15, 0.2) is 24.3 Å². The van der Waals surface area contributed by atoms with E-state index in [2.05, 4.69) is 20.4 Å². The van der Waals surface area contributed by atoms with Gasteiger partial charge in [0.05, 0.1) is 14.2 Å². The number of nitrogens with two attached hydrogens (primary N) is 1. The van der Waals surface area contributed by atoms with Gasteiger partial charge in [-0.05, 0) is 24.3 Å². The standard InChI is InChI=1S/C12H16N6O2/c1-18(8-4-6-9(19-2)7-5-8)11-14-10(17-13)15-12(16-11)20-3/h4-7H,13H2,1-3H3,(H,14,15,16,17). The van der Waals surface area contributed by atoms with Crippen molar-refractivity contribution >= 4 is 17.6 Å². The highest BCUT2D eigenvalue weighted by atomic mass is 16.5. The Morgan fingerprint density at radius 3 is 2.30 bits per heavy atom. The lowest BCUT2D eigenvalue weighted by Crippen LogP contribution is -2.17. The molecule has 0 saturated heterocycles. The zero-order valence-electron chi connectivity index (χ0n) is 11.5. The molecule has 0 saturated carbocycles. The minimum atomic E-state index is 0.184. The summed E-state index contributed by atoms with van der Waals surface area (Å²) in [7, 11) is 4.93. The van der Waals surface area contributed by atoms with Crippen molar-refractivity contribution in [2.75, 3.05) is 31.6 Å². The number of ether oxygens (including phenoxy) is 2. The summed E-state index contributed by atoms with van der Waals surface area (Å²) in [6.07, 6.45) is 0. The van der Waals surface area contributed by atoms with Crippen molar-refractivity contribution in [2.45, 2.75) is 0 Å². The predicted octanol–water partition coefficient (Wildman–Crippen LogP) is 0.942. The molecule has 0 unspecified atom stereocenters. The predicted molar refractivity (Wildman–Crippen MR) is 75.2 cm³/mol. The van der Waals surface area contributed by atoms with Gasteiger partial charge in [0.1, 0.15) is 5.75 Å². The van der Waals surface area contributed by atoms with Crippen molar-refractivity contribution < 1.29 is 9.47 Å². The summed E-state index contributed by atoms with van der Waals surface area (Å²) in [5.74, 6) is 6.74. The second-order valence-corrected chi connectivity index (χ2v) is 3.85. The molecule has 106 valence electrons. The SMILES string of the molecule is COc1ccc(N(C)c2nc(NN)nc(OC)n2)cc1. The minimum absolute atomic E-state index is 0.184. The van der Waals surface area contributed by atoms with E-state index in [-0.39, 0.29) is 12.0 Å². The number of hydrogen-bond donors (Lipinski definition) is 2. The molecule has 0 fully saturated rings. The number of nitrogens with one attached hydrogen (secondary N) is 1. The van der Waals surface area contributed by atoms with E-state index in [4.69, 9.17) is 15.3 Å². The molecule has 8 heteroatoms. The highest BCUT2D eigenvalue weighted by molar-refractivity contribution is 5.58. The van der Waals surface area contributed by atoms with Gasteiger partial charge in [-0.2, -0.15) is 15.0 Å². The molecule has 3 N–H and O–H groups in total. The second-order valence-electron chi connectivity index (χ2n) is 3.85. The Hall–Kier alpha value is -2.61. The third-order valence-electron chi connectivity index (χ3n) is 2.67. The van der Waals surface area contributed by atoms with Crippen molar-refractivity contribution in [3.8, 4) is 11.8 Å². The lowest BCUT2D eigenvalue weighted by molar-refractivity contribution is 0.379. The van der Waals surface area contributed by atoms with Crippen LogP contribution in [-0.4, -0.2) is 36.2 Å². The molecule has 1 aromatic carbocycles. The van der Waals surface area contributed by atoms with Crippen LogP contribution in [0, 0.1) is 0 Å². The average molecular weight is 276 g/mol. The van der Waals surface area contributed by atoms with Gasteiger partial charge in [-0.25, -0.2) is 5.84 Å². The van der Waals surface area contributed by atoms with Crippen molar-refractivity contribution in [3.05, 3.63) is 24.3 Å². The largest absolute Gasteiger partial charge is 0.497 e. The Morgan fingerprint density at radius 1 is 1.05 bits per heavy atom. The molecule has 0 aliphatic carbocycles. The highest BCUT2D eigenvalue weighted by Gasteiger charge is 2.12. The van der Waals surface area contributed by atoms with Gasteiger partial charge in [-0.15, -0.1) is 0 Å². The molecule has 0 aliphatic rings. The van der Waals surface area contributed by atoms with Crippen LogP contribution in [0.4, 0.5) is 17.6 Å². The van der Waals surface area contributed by atoms with Gasteiger partial charge >= 0.3 is 6.01 Å². The van der Waals surface area contributed by atoms with Crippen LogP contribution in [0.25, 0.3) is 0 Å². The fourth-order valence-corrected chi connectivity index (χ4v) is 1.57. The van der Waals surface area contributed by atoms with Gasteiger partial charge in [0.25, 0.3) is 0 Å². The number of methoxy groups -OCH3 is 2. The molecule has 1 aromatic heterocycles. The summed E-state index contributed by atoms with van der Waals surface area (Å²) in [6, 6.07) is 7.68. The van der Waals surface area contributed by atoms with E-state index < -0.39 is 0 Å². The molecule has 2 aromatic rings. The Morgan fingerprint density at radius 2 is 1.75 bits per heavy atom. The van der Waals surface area contributed by atoms with Crippen LogP contribution < -0.4 is 25.6 Å². The van der Waals surface area contributed by atoms with Gasteiger partial charge in [-0.3, -0.25) is 5.43 Å². The summed E-state index contributed by atoms with van der Waals surface area (Å²) < 4.78 is 10.1. The molecule has 2 rings (SSSR count). The normalized spacial score (nSPS) is 10.0. The number of hydrazine groups is 1. The van der Waals surface area contributed by atoms with Gasteiger partial charge in [-0.1, -0.05) is 0 Å². The van der Waals surface area contributed by atoms with Gasteiger partial charge in [0.2, 0.25) is 11.9 Å². The first-order chi connectivity index (χ1) is 9.67. The number of aromatic nitrogens is 3. The monoisotopic (exact) mass is 276 g/mol. The van der Waals surface area contributed by atoms with Crippen molar-refractivity contribution in [2.24, 2.45) is 5.84 Å². The molecule has 0 aliphatic heterocycles. The molecular formula is C12H16N6O2. The fraction of sp³-hybridized carbons (Fsp3) is 0.250. The van der Waals surface area contributed by atoms with E-state index in [0.717, 1.165) is 11.4 Å². The number of nitrogens with zero attached hydrogens (tertiary/aromatic N) is 4. The van der Waals surface area contributed by atoms with Crippen LogP contribution >= 0.6 is 0 Å². The van der Waals surface area contributed by atoms with E-state index in [0.29, 0.717) is 5.95 Å². The Balaban J connectivity index is 2.33. The van der Waals surface area contributed by atoms with Gasteiger partial charge < -0.3 is 14.4 Å². The zero-order chi connectivity index (χ0) is 14.5. The highest BCUT2D eigenvalue weighted by Crippen LogP contribution is 2.24. The van der Waals surface area contributed by atoms with Crippen LogP contribution in [0.1, 0.15) is 0 Å². The van der Waals surface area contributed by atoms with E-state index in [9.17, 15) is 0 Å². The Labute approximate surface area is 116 Å². The van der Waals surface area contributed by atoms with Crippen LogP contribution in [-0.2, 0) is 0 Å². The first-order valence-electron chi connectivity index (χ1n) is 5.82. The average Bonchev–Trinajstić information content (AvgIpc) is 2.53. The summed E-state index contributed by atoms with van der Waals surface area (Å²) >= 11 is 0. The maximum atomic E-state index is 5.33. The van der Waals surface area contributed by atoms with E-state index in [1.807, 2.05) is 31.3 Å². The molecule has 0 bridgehead atoms. The minimum Gasteiger partial charge on any atom is -0.497 e. The number of benzene rings is 1. The topological polar surface area (TPSA) is 98.4 Å². The van der Waals surface area contributed by atoms with E-state index in [1.54, 1.807) is 12.0 Å². The van der Waals surface area contributed by atoms with Crippen molar-refractivity contribution in [1.82, 2.24) is 15.0 Å². The van der Waals surface area contributed by atoms with Crippen LogP contribution in [0.5, 0.6) is 11.8 Å². The van der Waals surface area contributed by atoms with Crippen molar-refractivity contribution in [3.63, 3.8) is 0 Å². The number of anilines is 3. The Bertz CT molecular complexity index is 552. The summed E-state index contributed by atoms with van der Waals surface area (Å²) in [5.41, 5.74) is 3.27. The third-order valence-corrected chi connectivity index (χ3v) is 2.67. The quantitative estimate of drug-likeness (QED) is 0.615. The molecule has 0 spiro atoms. The first-order valence-corrected chi connectivity index (χ1v) is 5.82. The number of hydrogen-bond acceptors (Lipinski definition) is 8. The number of rotatable bonds is 5. The van der Waals surface area contributed by atoms with Crippen molar-refractivity contribution in [1.29, 1.82) is 0 Å². The lowest BCUT2D eigenvalue weighted by atomic mass is 10.3. The third kappa shape index (κ3) is 2.86. The molecule has 0 radical (unpaired) electrons. The summed E-state index contributed by atoms with van der Waals surface area (Å²) in [5, 5.41) is 0. The van der Waals surface area contributed by atoms with Crippen LogP contribution in [0.3, 0.4) is 0 Å². The Kier molecular flexibility index (Phi) is 4.16. The van der Waals surface area contributed by atoms with Gasteiger partial charge in [0, 0.05) is 12.7 Å². The zero-order valence-corrected chi connectivity index (χ0v) is 11.5. The van der Waals surface area contributed by atoms with E-state index in [1.165, 1.54) is 7.11 Å². The molecular weight excluding hydrogens is 260 g/mol. The fourth-order valence-electron chi connectivity index (χ4n) is 1.57. The maximum absolute atomic E-state index is 5.33. The van der Waals surface area contributed by atoms with E-state index >= 15 is 0 Å². The smallest absolute Gasteiger partial charge is 0.322 e. The van der Waals surface area contributed by atoms with Gasteiger partial charge in [0.15, 0.2) is 0 Å². The van der Waals surface area contributed by atoms with Crippen LogP contribution in [0.2, 0.25) is 0 Å².